The molecule has 2 aliphatic heterocycles. The molecule has 130 valence electrons. The first-order valence-corrected chi connectivity index (χ1v) is 9.74. The van der Waals surface area contributed by atoms with E-state index in [2.05, 4.69) is 31.2 Å². The summed E-state index contributed by atoms with van der Waals surface area (Å²) < 4.78 is 0. The zero-order valence-corrected chi connectivity index (χ0v) is 15.3. The van der Waals surface area contributed by atoms with E-state index in [1.165, 1.54) is 10.5 Å². The molecule has 5 heteroatoms. The van der Waals surface area contributed by atoms with Gasteiger partial charge in [-0.25, -0.2) is 0 Å². The minimum absolute atomic E-state index is 0.126. The first-order valence-electron chi connectivity index (χ1n) is 8.86. The number of amides is 2. The molecule has 1 atom stereocenters. The summed E-state index contributed by atoms with van der Waals surface area (Å²) >= 11 is 1.92. The van der Waals surface area contributed by atoms with Crippen LogP contribution in [0.15, 0.2) is 29.2 Å². The Morgan fingerprint density at radius 2 is 1.88 bits per heavy atom. The number of likely N-dealkylation sites (tertiary alicyclic amines) is 2. The largest absolute Gasteiger partial charge is 0.342 e. The number of rotatable bonds is 4. The molecule has 2 heterocycles. The number of carbonyl (C=O) groups is 2. The molecular formula is C19H26N2O2S. The zero-order chi connectivity index (χ0) is 17.1. The predicted octanol–water partition coefficient (Wildman–Crippen LogP) is 2.95. The van der Waals surface area contributed by atoms with E-state index in [1.807, 2.05) is 23.6 Å². The summed E-state index contributed by atoms with van der Waals surface area (Å²) in [6.07, 6.45) is 2.45. The van der Waals surface area contributed by atoms with Crippen LogP contribution in [0, 0.1) is 12.8 Å². The average Bonchev–Trinajstić information content (AvgIpc) is 2.98. The first kappa shape index (κ1) is 17.3. The van der Waals surface area contributed by atoms with Gasteiger partial charge < -0.3 is 9.80 Å². The van der Waals surface area contributed by atoms with Crippen molar-refractivity contribution in [2.24, 2.45) is 5.92 Å². The molecule has 0 aromatic heterocycles. The van der Waals surface area contributed by atoms with E-state index in [4.69, 9.17) is 0 Å². The first-order chi connectivity index (χ1) is 11.6. The molecule has 1 aromatic rings. The van der Waals surface area contributed by atoms with Gasteiger partial charge in [-0.05, 0) is 38.8 Å². The van der Waals surface area contributed by atoms with Crippen molar-refractivity contribution in [3.8, 4) is 0 Å². The van der Waals surface area contributed by atoms with Gasteiger partial charge in [-0.3, -0.25) is 9.59 Å². The Labute approximate surface area is 148 Å². The predicted molar refractivity (Wildman–Crippen MR) is 97.0 cm³/mol. The van der Waals surface area contributed by atoms with Crippen molar-refractivity contribution in [2.75, 3.05) is 26.2 Å². The van der Waals surface area contributed by atoms with Gasteiger partial charge in [0.2, 0.25) is 11.8 Å². The van der Waals surface area contributed by atoms with Crippen LogP contribution < -0.4 is 0 Å². The summed E-state index contributed by atoms with van der Waals surface area (Å²) in [5.41, 5.74) is 1.28. The molecule has 24 heavy (non-hydrogen) atoms. The third-order valence-corrected chi connectivity index (χ3v) is 6.37. The number of hydrogen-bond acceptors (Lipinski definition) is 3. The molecule has 2 saturated heterocycles. The lowest BCUT2D eigenvalue weighted by Gasteiger charge is -2.33. The van der Waals surface area contributed by atoms with Crippen LogP contribution in [0.3, 0.4) is 0 Å². The van der Waals surface area contributed by atoms with Crippen molar-refractivity contribution < 1.29 is 9.59 Å². The number of thioether (sulfide) groups is 1. The molecule has 4 nitrogen and oxygen atoms in total. The van der Waals surface area contributed by atoms with E-state index in [-0.39, 0.29) is 17.7 Å². The van der Waals surface area contributed by atoms with Gasteiger partial charge >= 0.3 is 0 Å². The van der Waals surface area contributed by atoms with Crippen LogP contribution in [0.5, 0.6) is 0 Å². The summed E-state index contributed by atoms with van der Waals surface area (Å²) in [4.78, 5) is 29.6. The number of piperidine rings is 1. The summed E-state index contributed by atoms with van der Waals surface area (Å²) in [5.74, 6) is 0.178. The number of benzene rings is 1. The maximum atomic E-state index is 12.7. The van der Waals surface area contributed by atoms with Crippen molar-refractivity contribution >= 4 is 23.6 Å². The Bertz CT molecular complexity index is 594. The number of nitrogens with zero attached hydrogens (tertiary/aromatic N) is 2. The highest BCUT2D eigenvalue weighted by atomic mass is 32.2. The fourth-order valence-corrected chi connectivity index (χ4v) is 4.63. The van der Waals surface area contributed by atoms with Crippen LogP contribution in [0.1, 0.15) is 31.7 Å². The Balaban J connectivity index is 1.49. The fourth-order valence-electron chi connectivity index (χ4n) is 3.50. The number of hydrogen-bond donors (Lipinski definition) is 0. The van der Waals surface area contributed by atoms with Crippen molar-refractivity contribution in [2.45, 2.75) is 43.3 Å². The van der Waals surface area contributed by atoms with E-state index in [1.54, 1.807) is 4.90 Å². The second-order valence-electron chi connectivity index (χ2n) is 6.79. The smallest absolute Gasteiger partial charge is 0.227 e. The normalized spacial score (nSPS) is 22.2. The number of aryl methyl sites for hydroxylation is 1. The molecule has 0 aliphatic carbocycles. The maximum Gasteiger partial charge on any atom is 0.227 e. The maximum absolute atomic E-state index is 12.7. The Hall–Kier alpha value is -1.49. The quantitative estimate of drug-likeness (QED) is 0.842. The summed E-state index contributed by atoms with van der Waals surface area (Å²) in [6, 6.07) is 8.66. The number of carbonyl (C=O) groups excluding carboxylic acids is 2. The van der Waals surface area contributed by atoms with E-state index in [0.717, 1.165) is 25.9 Å². The van der Waals surface area contributed by atoms with Gasteiger partial charge in [0, 0.05) is 42.7 Å². The molecule has 0 bridgehead atoms. The summed E-state index contributed by atoms with van der Waals surface area (Å²) in [7, 11) is 0. The lowest BCUT2D eigenvalue weighted by molar-refractivity contribution is -0.136. The van der Waals surface area contributed by atoms with Gasteiger partial charge in [0.15, 0.2) is 0 Å². The standard InChI is InChI=1S/C19H26N2O2S/c1-3-20-13-15(12-18(20)22)19(23)21-10-8-17(9-11-21)24-16-6-4-14(2)5-7-16/h4-7,15,17H,3,8-13H2,1-2H3/t15-/m0/s1. The SMILES string of the molecule is CCN1C[C@@H](C(=O)N2CCC(Sc3ccc(C)cc3)CC2)CC1=O. The van der Waals surface area contributed by atoms with Crippen molar-refractivity contribution in [3.63, 3.8) is 0 Å². The third kappa shape index (κ3) is 3.94. The van der Waals surface area contributed by atoms with Gasteiger partial charge in [-0.2, -0.15) is 0 Å². The molecule has 3 rings (SSSR count). The second-order valence-corrected chi connectivity index (χ2v) is 8.16. The molecule has 1 aromatic carbocycles. The van der Waals surface area contributed by atoms with E-state index in [9.17, 15) is 9.59 Å². The topological polar surface area (TPSA) is 40.6 Å². The van der Waals surface area contributed by atoms with Crippen LogP contribution in [0.2, 0.25) is 0 Å². The summed E-state index contributed by atoms with van der Waals surface area (Å²) in [5, 5.41) is 0.578. The molecule has 0 N–H and O–H groups in total. The van der Waals surface area contributed by atoms with Crippen LogP contribution in [0.4, 0.5) is 0 Å². The van der Waals surface area contributed by atoms with Gasteiger partial charge in [0.05, 0.1) is 5.92 Å². The molecule has 2 amide bonds. The minimum Gasteiger partial charge on any atom is -0.342 e. The fraction of sp³-hybridized carbons (Fsp3) is 0.579. The lowest BCUT2D eigenvalue weighted by Crippen LogP contribution is -2.43. The molecule has 2 fully saturated rings. The van der Waals surface area contributed by atoms with Crippen LogP contribution in [-0.4, -0.2) is 53.0 Å². The van der Waals surface area contributed by atoms with E-state index in [0.29, 0.717) is 24.8 Å². The van der Waals surface area contributed by atoms with Gasteiger partial charge in [-0.15, -0.1) is 11.8 Å². The molecule has 0 saturated carbocycles. The molecule has 2 aliphatic rings. The molecule has 0 spiro atoms. The van der Waals surface area contributed by atoms with Crippen LogP contribution in [0.25, 0.3) is 0 Å². The van der Waals surface area contributed by atoms with Gasteiger partial charge in [-0.1, -0.05) is 17.7 Å². The monoisotopic (exact) mass is 346 g/mol. The lowest BCUT2D eigenvalue weighted by atomic mass is 10.0. The minimum atomic E-state index is -0.126. The van der Waals surface area contributed by atoms with Gasteiger partial charge in [0.1, 0.15) is 0 Å². The zero-order valence-electron chi connectivity index (χ0n) is 14.5. The Morgan fingerprint density at radius 3 is 2.46 bits per heavy atom. The Kier molecular flexibility index (Phi) is 5.49. The second kappa shape index (κ2) is 7.60. The van der Waals surface area contributed by atoms with E-state index < -0.39 is 0 Å². The highest BCUT2D eigenvalue weighted by Crippen LogP contribution is 2.31. The van der Waals surface area contributed by atoms with Crippen molar-refractivity contribution in [1.29, 1.82) is 0 Å². The highest BCUT2D eigenvalue weighted by Gasteiger charge is 2.36. The molecule has 0 radical (unpaired) electrons. The summed E-state index contributed by atoms with van der Waals surface area (Å²) in [6.45, 7) is 7.02. The molecular weight excluding hydrogens is 320 g/mol. The van der Waals surface area contributed by atoms with Crippen LogP contribution >= 0.6 is 11.8 Å². The molecule has 0 unspecified atom stereocenters. The van der Waals surface area contributed by atoms with Crippen molar-refractivity contribution in [1.82, 2.24) is 9.80 Å². The Morgan fingerprint density at radius 1 is 1.21 bits per heavy atom. The van der Waals surface area contributed by atoms with Crippen molar-refractivity contribution in [3.05, 3.63) is 29.8 Å². The van der Waals surface area contributed by atoms with Gasteiger partial charge in [0.25, 0.3) is 0 Å². The third-order valence-electron chi connectivity index (χ3n) is 5.02. The average molecular weight is 346 g/mol. The van der Waals surface area contributed by atoms with Crippen LogP contribution in [-0.2, 0) is 9.59 Å². The van der Waals surface area contributed by atoms with E-state index >= 15 is 0 Å². The highest BCUT2D eigenvalue weighted by molar-refractivity contribution is 8.00.